The van der Waals surface area contributed by atoms with E-state index in [2.05, 4.69) is 12.2 Å². The van der Waals surface area contributed by atoms with Crippen molar-refractivity contribution in [2.45, 2.75) is 46.1 Å². The number of hydrogen-bond donors (Lipinski definition) is 1. The molecule has 78 valence electrons. The predicted molar refractivity (Wildman–Crippen MR) is 53.6 cm³/mol. The zero-order valence-corrected chi connectivity index (χ0v) is 8.93. The topological polar surface area (TPSA) is 38.3 Å². The Morgan fingerprint density at radius 2 is 2.08 bits per heavy atom. The molecule has 0 aliphatic heterocycles. The molecule has 0 heterocycles. The van der Waals surface area contributed by atoms with Gasteiger partial charge in [-0.3, -0.25) is 4.79 Å². The molecule has 0 spiro atoms. The molecule has 0 aliphatic carbocycles. The lowest BCUT2D eigenvalue weighted by atomic mass is 10.2. The summed E-state index contributed by atoms with van der Waals surface area (Å²) in [6.45, 7) is 7.11. The van der Waals surface area contributed by atoms with Crippen molar-refractivity contribution in [3.05, 3.63) is 0 Å². The van der Waals surface area contributed by atoms with E-state index in [9.17, 15) is 4.79 Å². The van der Waals surface area contributed by atoms with Gasteiger partial charge in [0.05, 0.1) is 12.6 Å². The number of unbranched alkanes of at least 4 members (excludes halogenated alkanes) is 2. The summed E-state index contributed by atoms with van der Waals surface area (Å²) in [4.78, 5) is 11.0. The Balaban J connectivity index is 3.17. The normalized spacial score (nSPS) is 10.5. The molecule has 0 aliphatic rings. The molecule has 0 amide bonds. The number of esters is 1. The van der Waals surface area contributed by atoms with Gasteiger partial charge in [-0.1, -0.05) is 19.8 Å². The molecule has 0 bridgehead atoms. The lowest BCUT2D eigenvalue weighted by Crippen LogP contribution is -2.27. The fourth-order valence-electron chi connectivity index (χ4n) is 0.995. The summed E-state index contributed by atoms with van der Waals surface area (Å²) in [7, 11) is 0. The minimum absolute atomic E-state index is 0.00931. The first-order valence-corrected chi connectivity index (χ1v) is 5.07. The van der Waals surface area contributed by atoms with Crippen LogP contribution in [0.25, 0.3) is 0 Å². The molecule has 0 aromatic carbocycles. The molecular weight excluding hydrogens is 166 g/mol. The van der Waals surface area contributed by atoms with Gasteiger partial charge >= 0.3 is 5.97 Å². The third-order valence-electron chi connectivity index (χ3n) is 1.59. The molecule has 1 N–H and O–H groups in total. The standard InChI is InChI=1S/C10H21NO2/c1-4-5-6-7-11-8-10(12)13-9(2)3/h9,11H,4-8H2,1-3H3. The van der Waals surface area contributed by atoms with Crippen LogP contribution in [0.1, 0.15) is 40.0 Å². The van der Waals surface area contributed by atoms with E-state index in [1.807, 2.05) is 13.8 Å². The van der Waals surface area contributed by atoms with Crippen LogP contribution in [0.3, 0.4) is 0 Å². The Hall–Kier alpha value is -0.570. The van der Waals surface area contributed by atoms with Crippen LogP contribution in [-0.4, -0.2) is 25.2 Å². The summed E-state index contributed by atoms with van der Waals surface area (Å²) < 4.78 is 4.96. The molecule has 0 radical (unpaired) electrons. The van der Waals surface area contributed by atoms with Crippen molar-refractivity contribution in [2.24, 2.45) is 0 Å². The maximum Gasteiger partial charge on any atom is 0.320 e. The van der Waals surface area contributed by atoms with E-state index in [1.54, 1.807) is 0 Å². The quantitative estimate of drug-likeness (QED) is 0.487. The van der Waals surface area contributed by atoms with Crippen LogP contribution in [0.2, 0.25) is 0 Å². The summed E-state index contributed by atoms with van der Waals surface area (Å²) in [5.74, 6) is -0.161. The third-order valence-corrected chi connectivity index (χ3v) is 1.59. The molecule has 0 aromatic rings. The highest BCUT2D eigenvalue weighted by molar-refractivity contribution is 5.71. The summed E-state index contributed by atoms with van der Waals surface area (Å²) >= 11 is 0. The monoisotopic (exact) mass is 187 g/mol. The molecule has 3 heteroatoms. The summed E-state index contributed by atoms with van der Waals surface area (Å²) in [6.07, 6.45) is 3.54. The molecule has 0 saturated carbocycles. The van der Waals surface area contributed by atoms with Gasteiger partial charge in [-0.25, -0.2) is 0 Å². The molecular formula is C10H21NO2. The van der Waals surface area contributed by atoms with Crippen molar-refractivity contribution < 1.29 is 9.53 Å². The fourth-order valence-corrected chi connectivity index (χ4v) is 0.995. The molecule has 0 saturated heterocycles. The van der Waals surface area contributed by atoms with E-state index in [4.69, 9.17) is 4.74 Å². The van der Waals surface area contributed by atoms with Crippen molar-refractivity contribution in [2.75, 3.05) is 13.1 Å². The van der Waals surface area contributed by atoms with E-state index in [1.165, 1.54) is 12.8 Å². The van der Waals surface area contributed by atoms with Crippen LogP contribution in [-0.2, 0) is 9.53 Å². The van der Waals surface area contributed by atoms with Crippen molar-refractivity contribution in [1.82, 2.24) is 5.32 Å². The van der Waals surface area contributed by atoms with Crippen LogP contribution in [0, 0.1) is 0 Å². The van der Waals surface area contributed by atoms with Crippen molar-refractivity contribution >= 4 is 5.97 Å². The van der Waals surface area contributed by atoms with E-state index in [-0.39, 0.29) is 12.1 Å². The van der Waals surface area contributed by atoms with Crippen LogP contribution in [0.15, 0.2) is 0 Å². The SMILES string of the molecule is CCCCCNCC(=O)OC(C)C. The maximum absolute atomic E-state index is 11.0. The van der Waals surface area contributed by atoms with Gasteiger partial charge in [-0.15, -0.1) is 0 Å². The second-order valence-corrected chi connectivity index (χ2v) is 3.42. The van der Waals surface area contributed by atoms with Crippen LogP contribution < -0.4 is 5.32 Å². The predicted octanol–water partition coefficient (Wildman–Crippen LogP) is 1.72. The molecule has 0 atom stereocenters. The highest BCUT2D eigenvalue weighted by Gasteiger charge is 2.03. The van der Waals surface area contributed by atoms with E-state index in [0.29, 0.717) is 6.54 Å². The van der Waals surface area contributed by atoms with Gasteiger partial charge in [0, 0.05) is 0 Å². The smallest absolute Gasteiger partial charge is 0.320 e. The summed E-state index contributed by atoms with van der Waals surface area (Å²) in [6, 6.07) is 0. The number of ether oxygens (including phenoxy) is 1. The van der Waals surface area contributed by atoms with Gasteiger partial charge in [0.25, 0.3) is 0 Å². The molecule has 0 unspecified atom stereocenters. The first-order chi connectivity index (χ1) is 6.16. The Kier molecular flexibility index (Phi) is 7.69. The van der Waals surface area contributed by atoms with Crippen LogP contribution in [0.5, 0.6) is 0 Å². The minimum atomic E-state index is -0.161. The van der Waals surface area contributed by atoms with Gasteiger partial charge in [0.15, 0.2) is 0 Å². The number of rotatable bonds is 7. The van der Waals surface area contributed by atoms with Crippen molar-refractivity contribution in [3.8, 4) is 0 Å². The minimum Gasteiger partial charge on any atom is -0.462 e. The second-order valence-electron chi connectivity index (χ2n) is 3.42. The van der Waals surface area contributed by atoms with E-state index >= 15 is 0 Å². The van der Waals surface area contributed by atoms with E-state index < -0.39 is 0 Å². The molecule has 0 fully saturated rings. The number of carbonyl (C=O) groups is 1. The zero-order chi connectivity index (χ0) is 10.1. The largest absolute Gasteiger partial charge is 0.462 e. The Morgan fingerprint density at radius 3 is 2.62 bits per heavy atom. The average molecular weight is 187 g/mol. The second kappa shape index (κ2) is 8.05. The van der Waals surface area contributed by atoms with Crippen LogP contribution >= 0.6 is 0 Å². The molecule has 13 heavy (non-hydrogen) atoms. The third kappa shape index (κ3) is 9.34. The lowest BCUT2D eigenvalue weighted by molar-refractivity contribution is -0.146. The van der Waals surface area contributed by atoms with Crippen LogP contribution in [0.4, 0.5) is 0 Å². The van der Waals surface area contributed by atoms with Gasteiger partial charge in [-0.2, -0.15) is 0 Å². The first-order valence-electron chi connectivity index (χ1n) is 5.07. The van der Waals surface area contributed by atoms with Gasteiger partial charge in [0.2, 0.25) is 0 Å². The summed E-state index contributed by atoms with van der Waals surface area (Å²) in [5, 5.41) is 3.05. The first kappa shape index (κ1) is 12.4. The summed E-state index contributed by atoms with van der Waals surface area (Å²) in [5.41, 5.74) is 0. The number of hydrogen-bond acceptors (Lipinski definition) is 3. The van der Waals surface area contributed by atoms with Gasteiger partial charge in [0.1, 0.15) is 0 Å². The average Bonchev–Trinajstić information content (AvgIpc) is 2.02. The van der Waals surface area contributed by atoms with E-state index in [0.717, 1.165) is 13.0 Å². The Bertz CT molecular complexity index is 135. The Labute approximate surface area is 80.8 Å². The van der Waals surface area contributed by atoms with Gasteiger partial charge < -0.3 is 10.1 Å². The lowest BCUT2D eigenvalue weighted by Gasteiger charge is -2.08. The Morgan fingerprint density at radius 1 is 1.38 bits per heavy atom. The van der Waals surface area contributed by atoms with Gasteiger partial charge in [-0.05, 0) is 26.8 Å². The highest BCUT2D eigenvalue weighted by Crippen LogP contribution is 1.91. The number of nitrogens with one attached hydrogen (secondary N) is 1. The molecule has 0 rings (SSSR count). The molecule has 0 aromatic heterocycles. The van der Waals surface area contributed by atoms with Crippen molar-refractivity contribution in [1.29, 1.82) is 0 Å². The maximum atomic E-state index is 11.0. The fraction of sp³-hybridized carbons (Fsp3) is 0.900. The van der Waals surface area contributed by atoms with Crippen molar-refractivity contribution in [3.63, 3.8) is 0 Å². The molecule has 3 nitrogen and oxygen atoms in total. The zero-order valence-electron chi connectivity index (χ0n) is 8.93. The number of carbonyl (C=O) groups excluding carboxylic acids is 1. The highest BCUT2D eigenvalue weighted by atomic mass is 16.5.